The number of para-hydroxylation sites is 1. The first-order valence-electron chi connectivity index (χ1n) is 6.06. The minimum absolute atomic E-state index is 0.351. The lowest BCUT2D eigenvalue weighted by Crippen LogP contribution is -1.95. The Morgan fingerprint density at radius 3 is 2.50 bits per heavy atom. The van der Waals surface area contributed by atoms with Gasteiger partial charge in [0.15, 0.2) is 6.29 Å². The fourth-order valence-electron chi connectivity index (χ4n) is 2.34. The van der Waals surface area contributed by atoms with Crippen molar-refractivity contribution in [1.29, 1.82) is 0 Å². The summed E-state index contributed by atoms with van der Waals surface area (Å²) in [5.41, 5.74) is 2.61. The highest BCUT2D eigenvalue weighted by molar-refractivity contribution is 6.34. The first-order valence-corrected chi connectivity index (χ1v) is 6.44. The van der Waals surface area contributed by atoms with Gasteiger partial charge in [-0.05, 0) is 18.2 Å². The molecule has 20 heavy (non-hydrogen) atoms. The molecule has 0 amide bonds. The van der Waals surface area contributed by atoms with E-state index in [2.05, 4.69) is 0 Å². The molecule has 1 heterocycles. The van der Waals surface area contributed by atoms with Crippen LogP contribution in [-0.2, 0) is 0 Å². The van der Waals surface area contributed by atoms with Gasteiger partial charge in [-0.3, -0.25) is 14.2 Å². The lowest BCUT2D eigenvalue weighted by Gasteiger charge is -2.07. The number of hydrogen-bond donors (Lipinski definition) is 0. The summed E-state index contributed by atoms with van der Waals surface area (Å²) in [6, 6.07) is 14.6. The van der Waals surface area contributed by atoms with Gasteiger partial charge in [-0.25, -0.2) is 0 Å². The quantitative estimate of drug-likeness (QED) is 0.684. The summed E-state index contributed by atoms with van der Waals surface area (Å²) < 4.78 is 1.77. The lowest BCUT2D eigenvalue weighted by molar-refractivity contribution is 0.111. The van der Waals surface area contributed by atoms with Crippen molar-refractivity contribution in [2.45, 2.75) is 0 Å². The van der Waals surface area contributed by atoms with Crippen LogP contribution in [0.4, 0.5) is 0 Å². The predicted octanol–water partition coefficient (Wildman–Crippen LogP) is 3.91. The Morgan fingerprint density at radius 2 is 1.75 bits per heavy atom. The zero-order valence-corrected chi connectivity index (χ0v) is 11.2. The summed E-state index contributed by atoms with van der Waals surface area (Å²) >= 11 is 6.33. The molecule has 0 aliphatic heterocycles. The molecule has 0 fully saturated rings. The third-order valence-electron chi connectivity index (χ3n) is 3.24. The zero-order valence-electron chi connectivity index (χ0n) is 10.4. The molecule has 0 saturated heterocycles. The third-order valence-corrected chi connectivity index (χ3v) is 3.61. The van der Waals surface area contributed by atoms with E-state index in [0.29, 0.717) is 16.3 Å². The second-order valence-electron chi connectivity index (χ2n) is 4.39. The van der Waals surface area contributed by atoms with Gasteiger partial charge in [0.25, 0.3) is 0 Å². The van der Waals surface area contributed by atoms with E-state index in [1.54, 1.807) is 22.8 Å². The molecule has 3 rings (SSSR count). The number of benzene rings is 2. The largest absolute Gasteiger partial charge is 0.300 e. The first kappa shape index (κ1) is 12.6. The van der Waals surface area contributed by atoms with Crippen LogP contribution >= 0.6 is 11.6 Å². The van der Waals surface area contributed by atoms with Gasteiger partial charge in [-0.2, -0.15) is 0 Å². The summed E-state index contributed by atoms with van der Waals surface area (Å²) in [7, 11) is 0. The number of fused-ring (bicyclic) bond motifs is 1. The van der Waals surface area contributed by atoms with Crippen LogP contribution in [0.5, 0.6) is 0 Å². The molecule has 4 heteroatoms. The van der Waals surface area contributed by atoms with E-state index in [1.807, 2.05) is 30.3 Å². The van der Waals surface area contributed by atoms with Gasteiger partial charge in [-0.15, -0.1) is 0 Å². The number of hydrogen-bond acceptors (Lipinski definition) is 2. The van der Waals surface area contributed by atoms with Gasteiger partial charge in [0, 0.05) is 16.6 Å². The highest BCUT2D eigenvalue weighted by Gasteiger charge is 2.15. The van der Waals surface area contributed by atoms with Crippen molar-refractivity contribution in [3.63, 3.8) is 0 Å². The standard InChI is InChI=1S/C16H10ClNO2/c17-16-14(10-20)13-6-1-2-7-15(13)18(16)12-5-3-4-11(8-12)9-19/h1-10H. The maximum atomic E-state index is 11.3. The Balaban J connectivity index is 2.38. The molecule has 98 valence electrons. The second-order valence-corrected chi connectivity index (χ2v) is 4.75. The van der Waals surface area contributed by atoms with Gasteiger partial charge in [0.1, 0.15) is 11.4 Å². The number of aldehydes is 2. The topological polar surface area (TPSA) is 39.1 Å². The van der Waals surface area contributed by atoms with Crippen LogP contribution in [0.3, 0.4) is 0 Å². The minimum Gasteiger partial charge on any atom is -0.300 e. The number of nitrogens with zero attached hydrogens (tertiary/aromatic N) is 1. The van der Waals surface area contributed by atoms with E-state index in [4.69, 9.17) is 11.6 Å². The molecule has 0 atom stereocenters. The molecule has 1 aromatic heterocycles. The molecule has 0 radical (unpaired) electrons. The van der Waals surface area contributed by atoms with E-state index < -0.39 is 0 Å². The monoisotopic (exact) mass is 283 g/mol. The van der Waals surface area contributed by atoms with Crippen molar-refractivity contribution >= 4 is 35.1 Å². The van der Waals surface area contributed by atoms with Crippen LogP contribution < -0.4 is 0 Å². The van der Waals surface area contributed by atoms with E-state index in [1.165, 1.54) is 0 Å². The normalized spacial score (nSPS) is 10.7. The number of carbonyl (C=O) groups is 2. The van der Waals surface area contributed by atoms with Crippen LogP contribution in [0, 0.1) is 0 Å². The van der Waals surface area contributed by atoms with E-state index in [9.17, 15) is 9.59 Å². The van der Waals surface area contributed by atoms with Crippen LogP contribution in [-0.4, -0.2) is 17.1 Å². The third kappa shape index (κ3) is 1.84. The Hall–Kier alpha value is -2.39. The van der Waals surface area contributed by atoms with Gasteiger partial charge >= 0.3 is 0 Å². The fourth-order valence-corrected chi connectivity index (χ4v) is 2.67. The first-order chi connectivity index (χ1) is 9.76. The smallest absolute Gasteiger partial charge is 0.153 e. The lowest BCUT2D eigenvalue weighted by atomic mass is 10.2. The van der Waals surface area contributed by atoms with Crippen molar-refractivity contribution in [3.05, 3.63) is 64.8 Å². The average Bonchev–Trinajstić information content (AvgIpc) is 2.78. The molecule has 3 aromatic rings. The Bertz CT molecular complexity index is 820. The number of aromatic nitrogens is 1. The average molecular weight is 284 g/mol. The number of carbonyl (C=O) groups excluding carboxylic acids is 2. The maximum absolute atomic E-state index is 11.3. The molecule has 0 unspecified atom stereocenters. The van der Waals surface area contributed by atoms with Crippen LogP contribution in [0.15, 0.2) is 48.5 Å². The molecule has 3 nitrogen and oxygen atoms in total. The van der Waals surface area contributed by atoms with Crippen molar-refractivity contribution in [2.75, 3.05) is 0 Å². The molecule has 0 aliphatic carbocycles. The van der Waals surface area contributed by atoms with Crippen LogP contribution in [0.25, 0.3) is 16.6 Å². The summed E-state index contributed by atoms with van der Waals surface area (Å²) in [4.78, 5) is 22.2. The second kappa shape index (κ2) is 4.94. The van der Waals surface area contributed by atoms with Crippen molar-refractivity contribution in [1.82, 2.24) is 4.57 Å². The Labute approximate surface area is 120 Å². The number of rotatable bonds is 3. The van der Waals surface area contributed by atoms with Crippen molar-refractivity contribution in [2.24, 2.45) is 0 Å². The molecular formula is C16H10ClNO2. The van der Waals surface area contributed by atoms with Crippen molar-refractivity contribution in [3.8, 4) is 5.69 Å². The van der Waals surface area contributed by atoms with Gasteiger partial charge in [0.2, 0.25) is 0 Å². The summed E-state index contributed by atoms with van der Waals surface area (Å²) in [6.45, 7) is 0. The Kier molecular flexibility index (Phi) is 3.12. The van der Waals surface area contributed by atoms with Crippen molar-refractivity contribution < 1.29 is 9.59 Å². The molecule has 0 spiro atoms. The predicted molar refractivity (Wildman–Crippen MR) is 79.1 cm³/mol. The maximum Gasteiger partial charge on any atom is 0.153 e. The van der Waals surface area contributed by atoms with E-state index in [-0.39, 0.29) is 0 Å². The summed E-state index contributed by atoms with van der Waals surface area (Å²) in [6.07, 6.45) is 1.54. The highest BCUT2D eigenvalue weighted by Crippen LogP contribution is 2.31. The molecular weight excluding hydrogens is 274 g/mol. The number of halogens is 1. The molecule has 2 aromatic carbocycles. The Morgan fingerprint density at radius 1 is 0.950 bits per heavy atom. The SMILES string of the molecule is O=Cc1cccc(-n2c(Cl)c(C=O)c3ccccc32)c1. The molecule has 0 saturated carbocycles. The molecule has 0 bridgehead atoms. The minimum atomic E-state index is 0.351. The van der Waals surface area contributed by atoms with Gasteiger partial charge in [-0.1, -0.05) is 41.9 Å². The van der Waals surface area contributed by atoms with Crippen LogP contribution in [0.2, 0.25) is 5.15 Å². The fraction of sp³-hybridized carbons (Fsp3) is 0. The van der Waals surface area contributed by atoms with E-state index in [0.717, 1.165) is 29.2 Å². The molecule has 0 aliphatic rings. The van der Waals surface area contributed by atoms with Crippen LogP contribution in [0.1, 0.15) is 20.7 Å². The zero-order chi connectivity index (χ0) is 14.1. The van der Waals surface area contributed by atoms with Gasteiger partial charge in [0.05, 0.1) is 11.1 Å². The van der Waals surface area contributed by atoms with Gasteiger partial charge < -0.3 is 0 Å². The summed E-state index contributed by atoms with van der Waals surface area (Å²) in [5, 5.41) is 1.15. The summed E-state index contributed by atoms with van der Waals surface area (Å²) in [5.74, 6) is 0. The van der Waals surface area contributed by atoms with E-state index >= 15 is 0 Å². The molecule has 0 N–H and O–H groups in total. The highest BCUT2D eigenvalue weighted by atomic mass is 35.5.